The second-order valence-corrected chi connectivity index (χ2v) is 14.2. The van der Waals surface area contributed by atoms with Crippen molar-refractivity contribution in [1.29, 1.82) is 0 Å². The van der Waals surface area contributed by atoms with Gasteiger partial charge >= 0.3 is 7.60 Å². The van der Waals surface area contributed by atoms with E-state index >= 15 is 0 Å². The number of aliphatic hydroxyl groups is 2. The molecule has 0 spiro atoms. The Morgan fingerprint density at radius 2 is 1.41 bits per heavy atom. The Morgan fingerprint density at radius 3 is 2.02 bits per heavy atom. The molecule has 3 aliphatic heterocycles. The van der Waals surface area contributed by atoms with Crippen LogP contribution in [-0.2, 0) is 36.7 Å². The molecular weight excluding hydrogens is 660 g/mol. The first kappa shape index (κ1) is 31.2. The zero-order valence-corrected chi connectivity index (χ0v) is 25.5. The number of nitrogens with zero attached hydrogens (tertiary/aromatic N) is 6. The van der Waals surface area contributed by atoms with Crippen LogP contribution in [0.3, 0.4) is 0 Å². The fourth-order valence-corrected chi connectivity index (χ4v) is 7.71. The van der Waals surface area contributed by atoms with Crippen LogP contribution in [0.5, 0.6) is 0 Å². The van der Waals surface area contributed by atoms with Gasteiger partial charge in [0, 0.05) is 6.66 Å². The summed E-state index contributed by atoms with van der Waals surface area (Å²) in [6, 6.07) is 0. The average Bonchev–Trinajstić information content (AvgIpc) is 3.72. The summed E-state index contributed by atoms with van der Waals surface area (Å²) in [4.78, 5) is 58.6. The van der Waals surface area contributed by atoms with E-state index in [1.54, 1.807) is 0 Å². The topological polar surface area (TPSA) is 306 Å². The number of fused-ring (bicyclic) bond motifs is 4. The quantitative estimate of drug-likeness (QED) is 0.139. The summed E-state index contributed by atoms with van der Waals surface area (Å²) in [6.45, 7) is 1.20. The Balaban J connectivity index is 1.18. The lowest BCUT2D eigenvalue weighted by molar-refractivity contribution is -0.236. The molecule has 7 heterocycles. The number of aromatic amines is 2. The Bertz CT molecular complexity index is 1900. The van der Waals surface area contributed by atoms with Gasteiger partial charge in [0.2, 0.25) is 5.95 Å². The van der Waals surface area contributed by atoms with Crippen molar-refractivity contribution >= 4 is 43.7 Å². The standard InChI is InChI=1S/C22H27N9O13P2/c1-7-26-16-10(18(34)27-7)24-5-30(16)21-13(33)15-8(41-21)3-39-45(2,36)43-14-9(4-40-46(37,38)44-15)42-20(12(14)32)31-6-25-11-17(31)28-22(23)29-19(11)35/h5-6,8-9,12-15,20-21,32-33H,3-4H2,1-2H3,(H,37,38)(H,26,27,34)(H3,23,28,29,35)/p-1/t8-,9-,12+,13+,14?,15?,20-,21-,45?/m1/s1. The molecule has 4 unspecified atom stereocenters. The zero-order valence-electron chi connectivity index (χ0n) is 23.7. The molecule has 0 amide bonds. The minimum absolute atomic E-state index is 0.0382. The second-order valence-electron chi connectivity index (χ2n) is 10.8. The van der Waals surface area contributed by atoms with Gasteiger partial charge in [0.05, 0.1) is 25.9 Å². The van der Waals surface area contributed by atoms with Gasteiger partial charge < -0.3 is 48.9 Å². The number of hydrogen-bond acceptors (Lipinski definition) is 18. The molecule has 3 fully saturated rings. The molecule has 10 atom stereocenters. The summed E-state index contributed by atoms with van der Waals surface area (Å²) in [5, 5.41) is 22.4. The van der Waals surface area contributed by atoms with E-state index in [0.717, 1.165) is 13.0 Å². The van der Waals surface area contributed by atoms with Crippen LogP contribution in [0.2, 0.25) is 0 Å². The molecule has 6 N–H and O–H groups in total. The van der Waals surface area contributed by atoms with E-state index in [1.165, 1.54) is 22.4 Å². The third kappa shape index (κ3) is 5.40. The lowest BCUT2D eigenvalue weighted by Gasteiger charge is -2.32. The van der Waals surface area contributed by atoms with E-state index in [9.17, 15) is 33.8 Å². The minimum Gasteiger partial charge on any atom is -0.756 e. The molecule has 24 heteroatoms. The molecule has 248 valence electrons. The van der Waals surface area contributed by atoms with Gasteiger partial charge in [0.25, 0.3) is 18.9 Å². The molecule has 4 aromatic rings. The molecule has 0 aromatic carbocycles. The van der Waals surface area contributed by atoms with Crippen LogP contribution < -0.4 is 21.7 Å². The average molecular weight is 686 g/mol. The molecule has 3 aliphatic rings. The smallest absolute Gasteiger partial charge is 0.328 e. The number of aromatic nitrogens is 8. The van der Waals surface area contributed by atoms with Crippen LogP contribution in [-0.4, -0.2) is 106 Å². The lowest BCUT2D eigenvalue weighted by atomic mass is 10.1. The first-order valence-corrected chi connectivity index (χ1v) is 17.0. The second kappa shape index (κ2) is 11.1. The van der Waals surface area contributed by atoms with Gasteiger partial charge in [-0.3, -0.25) is 37.4 Å². The van der Waals surface area contributed by atoms with E-state index in [4.69, 9.17) is 33.3 Å². The maximum Gasteiger partial charge on any atom is 0.328 e. The minimum atomic E-state index is -5.27. The molecular formula is C22H26N9O13P2-. The van der Waals surface area contributed by atoms with Crippen molar-refractivity contribution in [2.45, 2.75) is 56.0 Å². The normalized spacial score (nSPS) is 37.2. The number of nitrogens with two attached hydrogens (primary N) is 1. The predicted molar refractivity (Wildman–Crippen MR) is 148 cm³/mol. The van der Waals surface area contributed by atoms with Gasteiger partial charge in [-0.15, -0.1) is 0 Å². The van der Waals surface area contributed by atoms with Gasteiger partial charge in [0.15, 0.2) is 34.8 Å². The maximum absolute atomic E-state index is 13.5. The highest BCUT2D eigenvalue weighted by molar-refractivity contribution is 7.53. The number of ether oxygens (including phenoxy) is 2. The number of H-pyrrole nitrogens is 2. The van der Waals surface area contributed by atoms with Crippen molar-refractivity contribution in [2.24, 2.45) is 0 Å². The molecule has 0 aliphatic carbocycles. The number of phosphoric ester groups is 1. The fraction of sp³-hybridized carbons (Fsp3) is 0.545. The van der Waals surface area contributed by atoms with E-state index in [-0.39, 0.29) is 34.1 Å². The summed E-state index contributed by atoms with van der Waals surface area (Å²) < 4.78 is 62.2. The van der Waals surface area contributed by atoms with Crippen LogP contribution in [0.15, 0.2) is 22.2 Å². The third-order valence-corrected chi connectivity index (χ3v) is 9.81. The highest BCUT2D eigenvalue weighted by atomic mass is 31.2. The monoisotopic (exact) mass is 686 g/mol. The Hall–Kier alpha value is -3.40. The summed E-state index contributed by atoms with van der Waals surface area (Å²) in [5.41, 5.74) is 4.24. The number of phosphoric acid groups is 1. The number of imidazole rings is 2. The van der Waals surface area contributed by atoms with Crippen LogP contribution in [0.4, 0.5) is 5.95 Å². The van der Waals surface area contributed by atoms with Crippen LogP contribution in [0.25, 0.3) is 22.3 Å². The predicted octanol–water partition coefficient (Wildman–Crippen LogP) is -2.23. The highest BCUT2D eigenvalue weighted by Gasteiger charge is 2.52. The van der Waals surface area contributed by atoms with Crippen molar-refractivity contribution in [2.75, 3.05) is 25.6 Å². The highest BCUT2D eigenvalue weighted by Crippen LogP contribution is 2.52. The maximum atomic E-state index is 13.5. The number of nitrogen functional groups attached to an aromatic ring is 1. The lowest BCUT2D eigenvalue weighted by Crippen LogP contribution is -2.40. The van der Waals surface area contributed by atoms with Crippen molar-refractivity contribution in [3.8, 4) is 0 Å². The third-order valence-electron chi connectivity index (χ3n) is 7.60. The van der Waals surface area contributed by atoms with Crippen molar-refractivity contribution in [3.05, 3.63) is 39.2 Å². The molecule has 0 saturated carbocycles. The Labute approximate surface area is 255 Å². The molecule has 22 nitrogen and oxygen atoms in total. The number of hydrogen-bond donors (Lipinski definition) is 5. The molecule has 7 rings (SSSR count). The summed E-state index contributed by atoms with van der Waals surface area (Å²) in [5.74, 6) is -0.000942. The van der Waals surface area contributed by atoms with Crippen LogP contribution in [0.1, 0.15) is 18.3 Å². The summed E-state index contributed by atoms with van der Waals surface area (Å²) in [6.07, 6.45) is -9.70. The van der Waals surface area contributed by atoms with Crippen molar-refractivity contribution in [1.82, 2.24) is 39.0 Å². The Kier molecular flexibility index (Phi) is 7.53. The zero-order chi connectivity index (χ0) is 32.7. The molecule has 3 saturated heterocycles. The van der Waals surface area contributed by atoms with Gasteiger partial charge in [-0.1, -0.05) is 0 Å². The largest absolute Gasteiger partial charge is 0.756 e. The SMILES string of the molecule is Cc1nc2c(ncn2[C@@H]2O[C@@H]3COP(C)(=O)OC4[C@@H](COP(=O)([O-])OC3[C@@H]2O)O[C@@H](n2cnc3c(=O)[nH]c(N)nc32)[C@H]4O)c(=O)[nH]1. The number of aliphatic hydroxyl groups excluding tert-OH is 2. The van der Waals surface area contributed by atoms with E-state index in [1.807, 2.05) is 0 Å². The van der Waals surface area contributed by atoms with Gasteiger partial charge in [-0.05, 0) is 6.92 Å². The molecule has 4 aromatic heterocycles. The Morgan fingerprint density at radius 1 is 0.891 bits per heavy atom. The van der Waals surface area contributed by atoms with Gasteiger partial charge in [-0.25, -0.2) is 15.0 Å². The first-order valence-electron chi connectivity index (χ1n) is 13.6. The van der Waals surface area contributed by atoms with Gasteiger partial charge in [-0.2, -0.15) is 4.98 Å². The molecule has 46 heavy (non-hydrogen) atoms. The van der Waals surface area contributed by atoms with Gasteiger partial charge in [0.1, 0.15) is 42.4 Å². The molecule has 0 radical (unpaired) electrons. The number of rotatable bonds is 2. The van der Waals surface area contributed by atoms with Crippen LogP contribution >= 0.6 is 15.4 Å². The van der Waals surface area contributed by atoms with Crippen molar-refractivity contribution in [3.63, 3.8) is 0 Å². The summed E-state index contributed by atoms with van der Waals surface area (Å²) >= 11 is 0. The molecule has 0 bridgehead atoms. The fourth-order valence-electron chi connectivity index (χ4n) is 5.58. The van der Waals surface area contributed by atoms with E-state index in [2.05, 4.69) is 29.9 Å². The summed E-state index contributed by atoms with van der Waals surface area (Å²) in [7, 11) is -9.37. The number of aryl methyl sites for hydroxylation is 1. The van der Waals surface area contributed by atoms with E-state index in [0.29, 0.717) is 0 Å². The number of anilines is 1. The first-order chi connectivity index (χ1) is 21.7. The van der Waals surface area contributed by atoms with Crippen molar-refractivity contribution < 1.29 is 51.8 Å². The van der Waals surface area contributed by atoms with Crippen LogP contribution in [0, 0.1) is 6.92 Å². The van der Waals surface area contributed by atoms with E-state index < -0.39 is 88.8 Å². The number of nitrogens with one attached hydrogen (secondary N) is 2.